The predicted molar refractivity (Wildman–Crippen MR) is 62.0 cm³/mol. The lowest BCUT2D eigenvalue weighted by Gasteiger charge is -2.22. The second kappa shape index (κ2) is 4.25. The van der Waals surface area contributed by atoms with Gasteiger partial charge in [-0.25, -0.2) is 0 Å². The van der Waals surface area contributed by atoms with Gasteiger partial charge >= 0.3 is 0 Å². The molecule has 1 aliphatic heterocycles. The van der Waals surface area contributed by atoms with Crippen LogP contribution in [0.15, 0.2) is 17.5 Å². The van der Waals surface area contributed by atoms with E-state index in [1.54, 1.807) is 30.3 Å². The van der Waals surface area contributed by atoms with Crippen LogP contribution in [-0.2, 0) is 9.59 Å². The molecule has 0 spiro atoms. The summed E-state index contributed by atoms with van der Waals surface area (Å²) in [4.78, 5) is 26.1. The highest BCUT2D eigenvalue weighted by Crippen LogP contribution is 2.38. The molecule has 2 heterocycles. The number of hydrogen-bond donors (Lipinski definition) is 1. The Kier molecular flexibility index (Phi) is 2.96. The van der Waals surface area contributed by atoms with Gasteiger partial charge in [-0.1, -0.05) is 6.07 Å². The fourth-order valence-corrected chi connectivity index (χ4v) is 3.07. The first-order valence-corrected chi connectivity index (χ1v) is 6.03. The van der Waals surface area contributed by atoms with Crippen molar-refractivity contribution in [3.63, 3.8) is 0 Å². The van der Waals surface area contributed by atoms with Gasteiger partial charge in [-0.3, -0.25) is 9.59 Å². The number of nitrogens with zero attached hydrogens (tertiary/aromatic N) is 1. The average molecular weight is 238 g/mol. The Bertz CT molecular complexity index is 402. The van der Waals surface area contributed by atoms with Gasteiger partial charge in [0.05, 0.1) is 12.0 Å². The molecule has 0 bridgehead atoms. The van der Waals surface area contributed by atoms with Crippen molar-refractivity contribution in [1.29, 1.82) is 0 Å². The van der Waals surface area contributed by atoms with Gasteiger partial charge < -0.3 is 10.2 Å². The third-order valence-electron chi connectivity index (χ3n) is 3.00. The molecule has 1 fully saturated rings. The number of nitrogens with one attached hydrogen (secondary N) is 1. The summed E-state index contributed by atoms with van der Waals surface area (Å²) < 4.78 is 0. The largest absolute Gasteiger partial charge is 0.359 e. The topological polar surface area (TPSA) is 49.4 Å². The molecule has 16 heavy (non-hydrogen) atoms. The van der Waals surface area contributed by atoms with Gasteiger partial charge in [-0.2, -0.15) is 0 Å². The summed E-state index contributed by atoms with van der Waals surface area (Å²) in [6.45, 7) is 0. The minimum Gasteiger partial charge on any atom is -0.359 e. The SMILES string of the molecule is CNC(=O)[C@@H]1CC(=O)N(C)[C@@H]1c1cccs1. The van der Waals surface area contributed by atoms with E-state index in [4.69, 9.17) is 0 Å². The number of hydrogen-bond acceptors (Lipinski definition) is 3. The molecule has 2 atom stereocenters. The molecule has 1 aromatic rings. The lowest BCUT2D eigenvalue weighted by atomic mass is 9.98. The molecule has 1 N–H and O–H groups in total. The summed E-state index contributed by atoms with van der Waals surface area (Å²) in [6, 6.07) is 3.81. The monoisotopic (exact) mass is 238 g/mol. The fourth-order valence-electron chi connectivity index (χ4n) is 2.14. The van der Waals surface area contributed by atoms with Crippen LogP contribution < -0.4 is 5.32 Å². The number of likely N-dealkylation sites (tertiary alicyclic amines) is 1. The standard InChI is InChI=1S/C11H14N2O2S/c1-12-11(15)7-6-9(14)13(2)10(7)8-4-3-5-16-8/h3-5,7,10H,6H2,1-2H3,(H,12,15)/t7-,10+/m1/s1. The molecule has 1 aromatic heterocycles. The van der Waals surface area contributed by atoms with Crippen LogP contribution >= 0.6 is 11.3 Å². The van der Waals surface area contributed by atoms with E-state index >= 15 is 0 Å². The van der Waals surface area contributed by atoms with E-state index in [0.717, 1.165) is 4.88 Å². The lowest BCUT2D eigenvalue weighted by Crippen LogP contribution is -2.32. The molecule has 0 aliphatic carbocycles. The third-order valence-corrected chi connectivity index (χ3v) is 3.95. The lowest BCUT2D eigenvalue weighted by molar-refractivity contribution is -0.128. The minimum atomic E-state index is -0.263. The van der Waals surface area contributed by atoms with Crippen LogP contribution in [0, 0.1) is 5.92 Å². The number of amides is 2. The number of carbonyl (C=O) groups is 2. The van der Waals surface area contributed by atoms with Gasteiger partial charge in [0.2, 0.25) is 11.8 Å². The van der Waals surface area contributed by atoms with Gasteiger partial charge in [0, 0.05) is 25.4 Å². The minimum absolute atomic E-state index is 0.0343. The molecule has 1 saturated heterocycles. The number of rotatable bonds is 2. The second-order valence-corrected chi connectivity index (χ2v) is 4.87. The van der Waals surface area contributed by atoms with Crippen molar-refractivity contribution in [1.82, 2.24) is 10.2 Å². The molecular weight excluding hydrogens is 224 g/mol. The highest BCUT2D eigenvalue weighted by molar-refractivity contribution is 7.10. The molecule has 86 valence electrons. The molecule has 0 unspecified atom stereocenters. The molecule has 0 saturated carbocycles. The molecule has 0 radical (unpaired) electrons. The van der Waals surface area contributed by atoms with Crippen molar-refractivity contribution in [2.75, 3.05) is 14.1 Å². The zero-order chi connectivity index (χ0) is 11.7. The first-order chi connectivity index (χ1) is 7.65. The summed E-state index contributed by atoms with van der Waals surface area (Å²) >= 11 is 1.58. The summed E-state index contributed by atoms with van der Waals surface area (Å²) in [5.41, 5.74) is 0. The van der Waals surface area contributed by atoms with Crippen molar-refractivity contribution in [2.45, 2.75) is 12.5 Å². The quantitative estimate of drug-likeness (QED) is 0.836. The maximum atomic E-state index is 11.7. The van der Waals surface area contributed by atoms with E-state index in [9.17, 15) is 9.59 Å². The fraction of sp³-hybridized carbons (Fsp3) is 0.455. The van der Waals surface area contributed by atoms with E-state index in [0.29, 0.717) is 6.42 Å². The van der Waals surface area contributed by atoms with E-state index in [-0.39, 0.29) is 23.8 Å². The molecule has 0 aromatic carbocycles. The van der Waals surface area contributed by atoms with Crippen molar-refractivity contribution < 1.29 is 9.59 Å². The molecule has 2 rings (SSSR count). The highest BCUT2D eigenvalue weighted by Gasteiger charge is 2.42. The van der Waals surface area contributed by atoms with Crippen molar-refractivity contribution in [2.24, 2.45) is 5.92 Å². The maximum absolute atomic E-state index is 11.7. The van der Waals surface area contributed by atoms with Crippen molar-refractivity contribution >= 4 is 23.2 Å². The molecular formula is C11H14N2O2S. The first-order valence-electron chi connectivity index (χ1n) is 5.15. The van der Waals surface area contributed by atoms with Crippen molar-refractivity contribution in [3.8, 4) is 0 Å². The third kappa shape index (κ3) is 1.71. The Morgan fingerprint density at radius 2 is 2.38 bits per heavy atom. The normalized spacial score (nSPS) is 24.9. The highest BCUT2D eigenvalue weighted by atomic mass is 32.1. The zero-order valence-electron chi connectivity index (χ0n) is 9.27. The number of thiophene rings is 1. The van der Waals surface area contributed by atoms with Crippen LogP contribution in [0.2, 0.25) is 0 Å². The Balaban J connectivity index is 2.31. The molecule has 1 aliphatic rings. The van der Waals surface area contributed by atoms with Gasteiger partial charge in [-0.05, 0) is 11.4 Å². The van der Waals surface area contributed by atoms with E-state index in [1.165, 1.54) is 0 Å². The predicted octanol–water partition coefficient (Wildman–Crippen LogP) is 1.01. The Hall–Kier alpha value is -1.36. The average Bonchev–Trinajstić information content (AvgIpc) is 2.87. The Morgan fingerprint density at radius 3 is 2.94 bits per heavy atom. The smallest absolute Gasteiger partial charge is 0.225 e. The molecule has 2 amide bonds. The van der Waals surface area contributed by atoms with Crippen LogP contribution in [-0.4, -0.2) is 30.8 Å². The zero-order valence-corrected chi connectivity index (χ0v) is 10.1. The van der Waals surface area contributed by atoms with E-state index < -0.39 is 0 Å². The van der Waals surface area contributed by atoms with Gasteiger partial charge in [0.25, 0.3) is 0 Å². The van der Waals surface area contributed by atoms with E-state index in [1.807, 2.05) is 17.5 Å². The summed E-state index contributed by atoms with van der Waals surface area (Å²) in [7, 11) is 3.37. The summed E-state index contributed by atoms with van der Waals surface area (Å²) in [5.74, 6) is -0.288. The number of carbonyl (C=O) groups excluding carboxylic acids is 2. The first kappa shape index (κ1) is 11.1. The van der Waals surface area contributed by atoms with E-state index in [2.05, 4.69) is 5.32 Å². The maximum Gasteiger partial charge on any atom is 0.225 e. The van der Waals surface area contributed by atoms with Crippen LogP contribution in [0.5, 0.6) is 0 Å². The van der Waals surface area contributed by atoms with Gasteiger partial charge in [-0.15, -0.1) is 11.3 Å². The summed E-state index contributed by atoms with van der Waals surface area (Å²) in [5, 5.41) is 4.59. The summed E-state index contributed by atoms with van der Waals surface area (Å²) in [6.07, 6.45) is 0.304. The van der Waals surface area contributed by atoms with Gasteiger partial charge in [0.1, 0.15) is 0 Å². The van der Waals surface area contributed by atoms with Crippen LogP contribution in [0.25, 0.3) is 0 Å². The molecule has 5 heteroatoms. The van der Waals surface area contributed by atoms with Crippen LogP contribution in [0.1, 0.15) is 17.3 Å². The Labute approximate surface area is 98.3 Å². The molecule has 4 nitrogen and oxygen atoms in total. The van der Waals surface area contributed by atoms with Crippen LogP contribution in [0.3, 0.4) is 0 Å². The van der Waals surface area contributed by atoms with Crippen molar-refractivity contribution in [3.05, 3.63) is 22.4 Å². The van der Waals surface area contributed by atoms with Crippen LogP contribution in [0.4, 0.5) is 0 Å². The van der Waals surface area contributed by atoms with Gasteiger partial charge in [0.15, 0.2) is 0 Å². The Morgan fingerprint density at radius 1 is 1.62 bits per heavy atom. The second-order valence-electron chi connectivity index (χ2n) is 3.89.